The molecule has 7 heteroatoms. The van der Waals surface area contributed by atoms with Gasteiger partial charge in [-0.15, -0.1) is 0 Å². The van der Waals surface area contributed by atoms with Gasteiger partial charge in [0, 0.05) is 41.2 Å². The lowest BCUT2D eigenvalue weighted by molar-refractivity contribution is -0.138. The average molecular weight is 466 g/mol. The third-order valence-electron chi connectivity index (χ3n) is 7.77. The number of aliphatic carboxylic acids is 1. The van der Waals surface area contributed by atoms with Crippen LogP contribution in [0.3, 0.4) is 0 Å². The van der Waals surface area contributed by atoms with Gasteiger partial charge in [-0.05, 0) is 93.4 Å². The second-order valence-electron chi connectivity index (χ2n) is 9.77. The summed E-state index contributed by atoms with van der Waals surface area (Å²) in [5.41, 5.74) is 3.65. The van der Waals surface area contributed by atoms with Gasteiger partial charge < -0.3 is 19.7 Å². The summed E-state index contributed by atoms with van der Waals surface area (Å²) in [7, 11) is 1.60. The van der Waals surface area contributed by atoms with Gasteiger partial charge in [0.1, 0.15) is 17.2 Å². The molecule has 1 saturated heterocycles. The summed E-state index contributed by atoms with van der Waals surface area (Å²) in [5, 5.41) is 10.0. The zero-order valence-electron chi connectivity index (χ0n) is 19.6. The number of carbonyl (C=O) groups is 1. The van der Waals surface area contributed by atoms with Crippen molar-refractivity contribution in [3.8, 4) is 16.9 Å². The second kappa shape index (κ2) is 9.74. The number of benzene rings is 1. The number of carboxylic acids is 1. The van der Waals surface area contributed by atoms with E-state index in [1.54, 1.807) is 19.4 Å². The van der Waals surface area contributed by atoms with Gasteiger partial charge >= 0.3 is 5.97 Å². The van der Waals surface area contributed by atoms with Crippen molar-refractivity contribution in [2.45, 2.75) is 56.9 Å². The molecule has 0 spiro atoms. The number of ether oxygens (including phenoxy) is 1. The number of piperidine rings is 1. The van der Waals surface area contributed by atoms with E-state index in [4.69, 9.17) is 9.84 Å². The summed E-state index contributed by atoms with van der Waals surface area (Å²) in [4.78, 5) is 21.7. The minimum Gasteiger partial charge on any atom is -0.496 e. The number of likely N-dealkylation sites (tertiary alicyclic amines) is 1. The van der Waals surface area contributed by atoms with Crippen molar-refractivity contribution in [3.05, 3.63) is 48.0 Å². The Morgan fingerprint density at radius 2 is 1.88 bits per heavy atom. The standard InChI is InChI=1S/C27H32FN3O3/c1-34-25-7-4-19(28)15-22(25)21-8-11-29-27-23(21)16-24(30-27)18-9-12-31(13-10-18)20-5-2-17(3-6-20)14-26(32)33/h4,7-8,11,15-18,20H,2-3,5-6,9-10,12-14H2,1H3,(H,29,30)(H,32,33). The molecular formula is C27H32FN3O3. The lowest BCUT2D eigenvalue weighted by Gasteiger charge is -2.40. The van der Waals surface area contributed by atoms with E-state index in [1.165, 1.54) is 17.8 Å². The number of nitrogens with zero attached hydrogens (tertiary/aromatic N) is 2. The molecule has 1 aliphatic carbocycles. The predicted molar refractivity (Wildman–Crippen MR) is 130 cm³/mol. The number of hydrogen-bond acceptors (Lipinski definition) is 4. The molecule has 0 atom stereocenters. The lowest BCUT2D eigenvalue weighted by Crippen LogP contribution is -2.43. The molecule has 2 aromatic heterocycles. The van der Waals surface area contributed by atoms with Gasteiger partial charge in [-0.3, -0.25) is 4.79 Å². The number of carboxylic acid groups (broad SMARTS) is 1. The number of hydrogen-bond donors (Lipinski definition) is 2. The Bertz CT molecular complexity index is 1160. The van der Waals surface area contributed by atoms with Crippen LogP contribution in [0.15, 0.2) is 36.5 Å². The third kappa shape index (κ3) is 4.67. The van der Waals surface area contributed by atoms with Crippen molar-refractivity contribution in [2.75, 3.05) is 20.2 Å². The minimum atomic E-state index is -0.670. The number of H-pyrrole nitrogens is 1. The molecular weight excluding hydrogens is 433 g/mol. The van der Waals surface area contributed by atoms with Crippen molar-refractivity contribution in [2.24, 2.45) is 5.92 Å². The zero-order chi connectivity index (χ0) is 23.7. The van der Waals surface area contributed by atoms with Crippen LogP contribution in [0, 0.1) is 11.7 Å². The Morgan fingerprint density at radius 3 is 2.59 bits per heavy atom. The second-order valence-corrected chi connectivity index (χ2v) is 9.77. The molecule has 2 aliphatic rings. The van der Waals surface area contributed by atoms with Gasteiger partial charge in [0.25, 0.3) is 0 Å². The van der Waals surface area contributed by atoms with Crippen LogP contribution < -0.4 is 4.74 Å². The topological polar surface area (TPSA) is 78.5 Å². The molecule has 5 rings (SSSR count). The number of rotatable bonds is 6. The molecule has 0 radical (unpaired) electrons. The van der Waals surface area contributed by atoms with Crippen molar-refractivity contribution in [1.29, 1.82) is 0 Å². The fourth-order valence-electron chi connectivity index (χ4n) is 5.93. The van der Waals surface area contributed by atoms with Gasteiger partial charge in [0.2, 0.25) is 0 Å². The quantitative estimate of drug-likeness (QED) is 0.496. The molecule has 1 saturated carbocycles. The van der Waals surface area contributed by atoms with Crippen molar-refractivity contribution >= 4 is 17.0 Å². The summed E-state index contributed by atoms with van der Waals surface area (Å²) in [6.45, 7) is 2.12. The molecule has 2 fully saturated rings. The van der Waals surface area contributed by atoms with Crippen molar-refractivity contribution in [1.82, 2.24) is 14.9 Å². The maximum atomic E-state index is 14.0. The molecule has 0 unspecified atom stereocenters. The van der Waals surface area contributed by atoms with E-state index in [0.717, 1.165) is 73.8 Å². The highest BCUT2D eigenvalue weighted by molar-refractivity contribution is 5.95. The molecule has 180 valence electrons. The fourth-order valence-corrected chi connectivity index (χ4v) is 5.93. The summed E-state index contributed by atoms with van der Waals surface area (Å²) in [6, 6.07) is 9.28. The van der Waals surface area contributed by atoms with Crippen LogP contribution in [0.2, 0.25) is 0 Å². The van der Waals surface area contributed by atoms with Gasteiger partial charge in [-0.25, -0.2) is 9.37 Å². The van der Waals surface area contributed by atoms with E-state index in [2.05, 4.69) is 20.9 Å². The first kappa shape index (κ1) is 22.8. The molecule has 3 aromatic rings. The highest BCUT2D eigenvalue weighted by atomic mass is 19.1. The Labute approximate surface area is 199 Å². The zero-order valence-corrected chi connectivity index (χ0v) is 19.6. The van der Waals surface area contributed by atoms with Gasteiger partial charge in [-0.2, -0.15) is 0 Å². The summed E-state index contributed by atoms with van der Waals surface area (Å²) in [5.74, 6) is 0.465. The largest absolute Gasteiger partial charge is 0.496 e. The number of fused-ring (bicyclic) bond motifs is 1. The molecule has 1 aromatic carbocycles. The molecule has 6 nitrogen and oxygen atoms in total. The maximum Gasteiger partial charge on any atom is 0.303 e. The normalized spacial score (nSPS) is 22.2. The number of pyridine rings is 1. The van der Waals surface area contributed by atoms with Gasteiger partial charge in [-0.1, -0.05) is 0 Å². The van der Waals surface area contributed by atoms with Gasteiger partial charge in [0.15, 0.2) is 0 Å². The smallest absolute Gasteiger partial charge is 0.303 e. The minimum absolute atomic E-state index is 0.291. The molecule has 2 N–H and O–H groups in total. The molecule has 1 aliphatic heterocycles. The Morgan fingerprint density at radius 1 is 1.12 bits per heavy atom. The molecule has 34 heavy (non-hydrogen) atoms. The van der Waals surface area contributed by atoms with Gasteiger partial charge in [0.05, 0.1) is 7.11 Å². The van der Waals surface area contributed by atoms with Crippen LogP contribution in [0.5, 0.6) is 5.75 Å². The summed E-state index contributed by atoms with van der Waals surface area (Å²) < 4.78 is 19.5. The van der Waals surface area contributed by atoms with E-state index in [0.29, 0.717) is 30.0 Å². The summed E-state index contributed by atoms with van der Waals surface area (Å²) in [6.07, 6.45) is 8.50. The molecule has 0 bridgehead atoms. The maximum absolute atomic E-state index is 14.0. The Balaban J connectivity index is 1.28. The predicted octanol–water partition coefficient (Wildman–Crippen LogP) is 5.59. The Kier molecular flexibility index (Phi) is 6.55. The SMILES string of the molecule is COc1ccc(F)cc1-c1ccnc2[nH]c(C3CCN(C4CCC(CC(=O)O)CC4)CC3)cc12. The number of nitrogens with one attached hydrogen (secondary N) is 1. The summed E-state index contributed by atoms with van der Waals surface area (Å²) >= 11 is 0. The van der Waals surface area contributed by atoms with Crippen LogP contribution >= 0.6 is 0 Å². The highest BCUT2D eigenvalue weighted by Gasteiger charge is 2.30. The first-order valence-electron chi connectivity index (χ1n) is 12.3. The van der Waals surface area contributed by atoms with E-state index in [1.807, 2.05) is 6.07 Å². The van der Waals surface area contributed by atoms with Crippen molar-refractivity contribution in [3.63, 3.8) is 0 Å². The van der Waals surface area contributed by atoms with E-state index in [9.17, 15) is 9.18 Å². The highest BCUT2D eigenvalue weighted by Crippen LogP contribution is 2.38. The van der Waals surface area contributed by atoms with Crippen LogP contribution in [0.4, 0.5) is 4.39 Å². The lowest BCUT2D eigenvalue weighted by atomic mass is 9.82. The van der Waals surface area contributed by atoms with E-state index in [-0.39, 0.29) is 5.82 Å². The van der Waals surface area contributed by atoms with Crippen LogP contribution in [-0.2, 0) is 4.79 Å². The number of aromatic amines is 1. The first-order chi connectivity index (χ1) is 16.5. The van der Waals surface area contributed by atoms with E-state index >= 15 is 0 Å². The third-order valence-corrected chi connectivity index (χ3v) is 7.77. The number of methoxy groups -OCH3 is 1. The van der Waals surface area contributed by atoms with Crippen LogP contribution in [-0.4, -0.2) is 52.2 Å². The first-order valence-corrected chi connectivity index (χ1v) is 12.3. The van der Waals surface area contributed by atoms with Crippen molar-refractivity contribution < 1.29 is 19.0 Å². The molecule has 3 heterocycles. The van der Waals surface area contributed by atoms with Crippen LogP contribution in [0.1, 0.15) is 56.6 Å². The van der Waals surface area contributed by atoms with Crippen LogP contribution in [0.25, 0.3) is 22.2 Å². The van der Waals surface area contributed by atoms with E-state index < -0.39 is 5.97 Å². The monoisotopic (exact) mass is 465 g/mol. The molecule has 0 amide bonds. The number of halogens is 1. The fraction of sp³-hybridized carbons (Fsp3) is 0.481. The average Bonchev–Trinajstić information content (AvgIpc) is 3.29. The number of aromatic nitrogens is 2. The Hall–Kier alpha value is -2.93.